The van der Waals surface area contributed by atoms with Crippen molar-refractivity contribution in [1.29, 1.82) is 5.26 Å². The van der Waals surface area contributed by atoms with E-state index in [0.717, 1.165) is 28.5 Å². The Labute approximate surface area is 212 Å². The van der Waals surface area contributed by atoms with Crippen LogP contribution >= 0.6 is 0 Å². The number of nitrogens with zero attached hydrogens (tertiary/aromatic N) is 1. The molecule has 0 aliphatic heterocycles. The minimum absolute atomic E-state index is 0.0179. The van der Waals surface area contributed by atoms with E-state index in [1.807, 2.05) is 24.3 Å². The van der Waals surface area contributed by atoms with Crippen molar-refractivity contribution >= 4 is 10.8 Å². The van der Waals surface area contributed by atoms with E-state index in [9.17, 15) is 4.39 Å². The average molecular weight is 478 g/mol. The molecule has 0 fully saturated rings. The Morgan fingerprint density at radius 3 is 2.19 bits per heavy atom. The summed E-state index contributed by atoms with van der Waals surface area (Å²) in [4.78, 5) is 0. The molecule has 0 spiro atoms. The van der Waals surface area contributed by atoms with Crippen LogP contribution in [-0.4, -0.2) is 0 Å². The Balaban J connectivity index is 1.43. The Morgan fingerprint density at radius 2 is 1.44 bits per heavy atom. The summed E-state index contributed by atoms with van der Waals surface area (Å²) in [7, 11) is 0. The molecule has 0 N–H and O–H groups in total. The lowest BCUT2D eigenvalue weighted by atomic mass is 9.98. The van der Waals surface area contributed by atoms with E-state index in [-0.39, 0.29) is 11.4 Å². The van der Waals surface area contributed by atoms with Crippen LogP contribution in [0.3, 0.4) is 0 Å². The molecular weight excluding hydrogens is 448 g/mol. The molecule has 0 radical (unpaired) electrons. The topological polar surface area (TPSA) is 23.8 Å². The Hall–Kier alpha value is -3.95. The summed E-state index contributed by atoms with van der Waals surface area (Å²) in [5.74, 6) is 5.61. The smallest absolute Gasteiger partial charge is 0.141 e. The number of unbranched alkanes of at least 4 members (excludes halogenated alkanes) is 3. The molecule has 0 saturated carbocycles. The highest BCUT2D eigenvalue weighted by Gasteiger charge is 2.09. The lowest BCUT2D eigenvalue weighted by Gasteiger charge is -2.08. The number of hydrogen-bond donors (Lipinski definition) is 0. The molecule has 3 heteroatoms. The van der Waals surface area contributed by atoms with Gasteiger partial charge in [-0.05, 0) is 84.2 Å². The maximum Gasteiger partial charge on any atom is 0.141 e. The van der Waals surface area contributed by atoms with Gasteiger partial charge >= 0.3 is 0 Å². The number of hydrogen-bond acceptors (Lipinski definition) is 1. The van der Waals surface area contributed by atoms with E-state index in [1.54, 1.807) is 18.2 Å². The van der Waals surface area contributed by atoms with Crippen molar-refractivity contribution in [3.8, 4) is 17.9 Å². The van der Waals surface area contributed by atoms with Gasteiger partial charge in [-0.25, -0.2) is 8.78 Å². The summed E-state index contributed by atoms with van der Waals surface area (Å²) < 4.78 is 29.0. The molecule has 0 aliphatic rings. The van der Waals surface area contributed by atoms with Crippen LogP contribution in [0.5, 0.6) is 0 Å². The van der Waals surface area contributed by atoms with Crippen LogP contribution < -0.4 is 0 Å². The van der Waals surface area contributed by atoms with Crippen molar-refractivity contribution in [3.63, 3.8) is 0 Å². The second-order valence-corrected chi connectivity index (χ2v) is 9.16. The van der Waals surface area contributed by atoms with Crippen LogP contribution in [0, 0.1) is 34.8 Å². The zero-order chi connectivity index (χ0) is 25.3. The minimum atomic E-state index is -0.541. The molecule has 0 amide bonds. The fraction of sp³-hybridized carbons (Fsp3) is 0.242. The molecule has 0 atom stereocenters. The first-order valence-corrected chi connectivity index (χ1v) is 12.6. The molecule has 0 aliphatic carbocycles. The molecule has 1 nitrogen and oxygen atoms in total. The quantitative estimate of drug-likeness (QED) is 0.185. The second kappa shape index (κ2) is 12.1. The van der Waals surface area contributed by atoms with E-state index in [2.05, 4.69) is 43.0 Å². The van der Waals surface area contributed by atoms with Gasteiger partial charge in [0, 0.05) is 16.5 Å². The molecule has 0 unspecified atom stereocenters. The van der Waals surface area contributed by atoms with Gasteiger partial charge in [-0.15, -0.1) is 0 Å². The predicted molar refractivity (Wildman–Crippen MR) is 143 cm³/mol. The number of fused-ring (bicyclic) bond motifs is 1. The monoisotopic (exact) mass is 477 g/mol. The van der Waals surface area contributed by atoms with Gasteiger partial charge in [0.1, 0.15) is 17.7 Å². The van der Waals surface area contributed by atoms with Crippen molar-refractivity contribution in [2.75, 3.05) is 0 Å². The molecule has 0 bridgehead atoms. The summed E-state index contributed by atoms with van der Waals surface area (Å²) in [6.45, 7) is 2.22. The van der Waals surface area contributed by atoms with Crippen LogP contribution in [0.2, 0.25) is 0 Å². The minimum Gasteiger partial charge on any atom is -0.206 e. The van der Waals surface area contributed by atoms with E-state index >= 15 is 4.39 Å². The maximum atomic E-state index is 15.2. The molecular formula is C33H29F2N. The Bertz CT molecular complexity index is 1450. The van der Waals surface area contributed by atoms with Crippen LogP contribution in [0.1, 0.15) is 66.0 Å². The van der Waals surface area contributed by atoms with Crippen LogP contribution in [0.15, 0.2) is 72.8 Å². The van der Waals surface area contributed by atoms with Gasteiger partial charge in [-0.3, -0.25) is 0 Å². The van der Waals surface area contributed by atoms with E-state index in [0.29, 0.717) is 23.8 Å². The highest BCUT2D eigenvalue weighted by atomic mass is 19.1. The van der Waals surface area contributed by atoms with Crippen molar-refractivity contribution in [2.45, 2.75) is 51.9 Å². The van der Waals surface area contributed by atoms with Crippen molar-refractivity contribution < 1.29 is 8.78 Å². The van der Waals surface area contributed by atoms with Crippen molar-refractivity contribution in [2.24, 2.45) is 0 Å². The Morgan fingerprint density at radius 1 is 0.694 bits per heavy atom. The van der Waals surface area contributed by atoms with E-state index < -0.39 is 5.82 Å². The number of rotatable bonds is 8. The van der Waals surface area contributed by atoms with Gasteiger partial charge in [0.2, 0.25) is 0 Å². The third-order valence-electron chi connectivity index (χ3n) is 6.50. The third-order valence-corrected chi connectivity index (χ3v) is 6.50. The molecule has 0 heterocycles. The second-order valence-electron chi connectivity index (χ2n) is 9.16. The third kappa shape index (κ3) is 6.38. The number of aryl methyl sites for hydroxylation is 3. The average Bonchev–Trinajstić information content (AvgIpc) is 2.90. The fourth-order valence-corrected chi connectivity index (χ4v) is 4.35. The molecule has 4 aromatic carbocycles. The van der Waals surface area contributed by atoms with Gasteiger partial charge in [0.05, 0.1) is 5.56 Å². The summed E-state index contributed by atoms with van der Waals surface area (Å²) in [5, 5.41) is 10.2. The standard InChI is InChI=1S/C33H29F2N/c1-2-3-4-5-6-24-7-9-25(10-8-24)11-12-26-15-20-31-29(21-26)19-18-28(33(31)35)16-13-27-14-17-30(23-36)32(34)22-27/h7-10,14-15,17-22H,2-6,13,16H2,1H3. The number of halogens is 2. The largest absolute Gasteiger partial charge is 0.206 e. The molecule has 0 aromatic heterocycles. The molecule has 4 aromatic rings. The SMILES string of the molecule is CCCCCCc1ccc(C#Cc2ccc3c(F)c(CCc4ccc(C#N)c(F)c4)ccc3c2)cc1. The maximum absolute atomic E-state index is 15.2. The predicted octanol–water partition coefficient (Wildman–Crippen LogP) is 8.30. The summed E-state index contributed by atoms with van der Waals surface area (Å²) in [6.07, 6.45) is 7.09. The summed E-state index contributed by atoms with van der Waals surface area (Å²) in [6, 6.07) is 24.0. The van der Waals surface area contributed by atoms with Crippen LogP contribution in [0.4, 0.5) is 8.78 Å². The van der Waals surface area contributed by atoms with Crippen LogP contribution in [0.25, 0.3) is 10.8 Å². The van der Waals surface area contributed by atoms with Crippen LogP contribution in [-0.2, 0) is 19.3 Å². The highest BCUT2D eigenvalue weighted by Crippen LogP contribution is 2.24. The number of benzene rings is 4. The first-order chi connectivity index (χ1) is 17.6. The van der Waals surface area contributed by atoms with Gasteiger partial charge in [0.15, 0.2) is 0 Å². The van der Waals surface area contributed by atoms with Gasteiger partial charge in [0.25, 0.3) is 0 Å². The van der Waals surface area contributed by atoms with Gasteiger partial charge in [-0.2, -0.15) is 5.26 Å². The lowest BCUT2D eigenvalue weighted by molar-refractivity contribution is 0.616. The van der Waals surface area contributed by atoms with Crippen molar-refractivity contribution in [1.82, 2.24) is 0 Å². The number of nitriles is 1. The molecule has 0 saturated heterocycles. The lowest BCUT2D eigenvalue weighted by Crippen LogP contribution is -1.97. The summed E-state index contributed by atoms with van der Waals surface area (Å²) in [5.41, 5.74) is 4.49. The van der Waals surface area contributed by atoms with Gasteiger partial charge < -0.3 is 0 Å². The van der Waals surface area contributed by atoms with Gasteiger partial charge in [-0.1, -0.05) is 74.4 Å². The first kappa shape index (κ1) is 25.2. The highest BCUT2D eigenvalue weighted by molar-refractivity contribution is 5.85. The normalized spacial score (nSPS) is 10.6. The van der Waals surface area contributed by atoms with E-state index in [4.69, 9.17) is 5.26 Å². The molecule has 180 valence electrons. The fourth-order valence-electron chi connectivity index (χ4n) is 4.35. The van der Waals surface area contributed by atoms with E-state index in [1.165, 1.54) is 43.4 Å². The molecule has 4 rings (SSSR count). The Kier molecular flexibility index (Phi) is 8.48. The summed E-state index contributed by atoms with van der Waals surface area (Å²) >= 11 is 0. The first-order valence-electron chi connectivity index (χ1n) is 12.6. The molecule has 36 heavy (non-hydrogen) atoms. The van der Waals surface area contributed by atoms with Crippen molar-refractivity contribution in [3.05, 3.63) is 118 Å². The zero-order valence-corrected chi connectivity index (χ0v) is 20.6. The zero-order valence-electron chi connectivity index (χ0n) is 20.6.